The molecule has 0 unspecified atom stereocenters. The third-order valence-corrected chi connectivity index (χ3v) is 10.6. The molecule has 0 spiro atoms. The summed E-state index contributed by atoms with van der Waals surface area (Å²) in [7, 11) is 0. The quantitative estimate of drug-likeness (QED) is 0.180. The molecule has 0 saturated heterocycles. The third-order valence-electron chi connectivity index (χ3n) is 9.46. The molecular formula is C45H27N3S. The van der Waals surface area contributed by atoms with Crippen LogP contribution in [0.5, 0.6) is 0 Å². The first-order valence-corrected chi connectivity index (χ1v) is 17.3. The highest BCUT2D eigenvalue weighted by Crippen LogP contribution is 2.41. The van der Waals surface area contributed by atoms with Gasteiger partial charge in [0.05, 0.1) is 22.4 Å². The van der Waals surface area contributed by atoms with Crippen LogP contribution in [0.25, 0.3) is 97.8 Å². The Labute approximate surface area is 286 Å². The molecule has 3 heterocycles. The summed E-state index contributed by atoms with van der Waals surface area (Å²) in [6.45, 7) is 0. The van der Waals surface area contributed by atoms with Crippen LogP contribution in [0.4, 0.5) is 0 Å². The van der Waals surface area contributed by atoms with Gasteiger partial charge in [0.1, 0.15) is 0 Å². The Bertz CT molecular complexity index is 2870. The largest absolute Gasteiger partial charge is 0.247 e. The molecule has 0 aliphatic heterocycles. The van der Waals surface area contributed by atoms with Gasteiger partial charge in [-0.05, 0) is 52.9 Å². The minimum atomic E-state index is 0.694. The molecule has 0 N–H and O–H groups in total. The molecule has 3 aromatic heterocycles. The van der Waals surface area contributed by atoms with E-state index in [1.165, 1.54) is 36.7 Å². The normalized spacial score (nSPS) is 11.7. The van der Waals surface area contributed by atoms with E-state index in [0.717, 1.165) is 55.3 Å². The summed E-state index contributed by atoms with van der Waals surface area (Å²) in [5, 5.41) is 7.14. The zero-order valence-electron chi connectivity index (χ0n) is 26.3. The summed E-state index contributed by atoms with van der Waals surface area (Å²) in [5.74, 6) is 0.694. The zero-order chi connectivity index (χ0) is 32.3. The van der Waals surface area contributed by atoms with Gasteiger partial charge in [-0.25, -0.2) is 15.0 Å². The number of pyridine rings is 1. The molecule has 228 valence electrons. The highest BCUT2D eigenvalue weighted by atomic mass is 32.1. The van der Waals surface area contributed by atoms with Crippen molar-refractivity contribution in [2.24, 2.45) is 0 Å². The molecule has 7 aromatic carbocycles. The molecule has 49 heavy (non-hydrogen) atoms. The third kappa shape index (κ3) is 4.68. The molecule has 0 atom stereocenters. The Morgan fingerprint density at radius 2 is 0.918 bits per heavy atom. The second kappa shape index (κ2) is 11.2. The molecule has 10 aromatic rings. The fraction of sp³-hybridized carbons (Fsp3) is 0. The van der Waals surface area contributed by atoms with E-state index in [0.29, 0.717) is 5.82 Å². The van der Waals surface area contributed by atoms with Crippen LogP contribution in [0.2, 0.25) is 0 Å². The first-order valence-electron chi connectivity index (χ1n) is 16.4. The molecule has 0 aliphatic rings. The van der Waals surface area contributed by atoms with Gasteiger partial charge in [-0.2, -0.15) is 0 Å². The lowest BCUT2D eigenvalue weighted by Gasteiger charge is -2.13. The molecule has 3 nitrogen and oxygen atoms in total. The topological polar surface area (TPSA) is 38.7 Å². The molecule has 0 radical (unpaired) electrons. The average Bonchev–Trinajstić information content (AvgIpc) is 3.54. The highest BCUT2D eigenvalue weighted by molar-refractivity contribution is 7.25. The fourth-order valence-electron chi connectivity index (χ4n) is 7.07. The summed E-state index contributed by atoms with van der Waals surface area (Å²) in [5.41, 5.74) is 9.22. The lowest BCUT2D eigenvalue weighted by molar-refractivity contribution is 1.23. The van der Waals surface area contributed by atoms with E-state index < -0.39 is 0 Å². The van der Waals surface area contributed by atoms with E-state index in [4.69, 9.17) is 15.0 Å². The van der Waals surface area contributed by atoms with E-state index in [1.54, 1.807) is 0 Å². The lowest BCUT2D eigenvalue weighted by Crippen LogP contribution is -1.96. The van der Waals surface area contributed by atoms with E-state index in [9.17, 15) is 0 Å². The van der Waals surface area contributed by atoms with Gasteiger partial charge in [0, 0.05) is 53.0 Å². The molecule has 0 saturated carbocycles. The average molecular weight is 642 g/mol. The number of para-hydroxylation sites is 2. The number of fused-ring (bicyclic) bond motifs is 7. The van der Waals surface area contributed by atoms with Gasteiger partial charge in [0.2, 0.25) is 0 Å². The second-order valence-corrected chi connectivity index (χ2v) is 13.5. The Morgan fingerprint density at radius 3 is 1.76 bits per heavy atom. The van der Waals surface area contributed by atoms with Crippen molar-refractivity contribution in [1.82, 2.24) is 15.0 Å². The van der Waals surface area contributed by atoms with Crippen LogP contribution in [-0.4, -0.2) is 15.0 Å². The number of hydrogen-bond donors (Lipinski definition) is 0. The monoisotopic (exact) mass is 641 g/mol. The summed E-state index contributed by atoms with van der Waals surface area (Å²) >= 11 is 1.84. The van der Waals surface area contributed by atoms with E-state index in [2.05, 4.69) is 152 Å². The predicted molar refractivity (Wildman–Crippen MR) is 207 cm³/mol. The molecule has 0 fully saturated rings. The first kappa shape index (κ1) is 27.8. The maximum atomic E-state index is 5.28. The van der Waals surface area contributed by atoms with Crippen LogP contribution < -0.4 is 0 Å². The number of thiophene rings is 1. The highest BCUT2D eigenvalue weighted by Gasteiger charge is 2.16. The Balaban J connectivity index is 1.14. The van der Waals surface area contributed by atoms with Crippen molar-refractivity contribution in [3.05, 3.63) is 164 Å². The lowest BCUT2D eigenvalue weighted by atomic mass is 9.97. The van der Waals surface area contributed by atoms with Crippen LogP contribution in [0.15, 0.2) is 164 Å². The molecule has 0 aliphatic carbocycles. The predicted octanol–water partition coefficient (Wildman–Crippen LogP) is 12.4. The summed E-state index contributed by atoms with van der Waals surface area (Å²) in [6.07, 6.45) is 0. The molecule has 10 rings (SSSR count). The number of nitrogens with zero attached hydrogens (tertiary/aromatic N) is 3. The van der Waals surface area contributed by atoms with Gasteiger partial charge in [-0.1, -0.05) is 127 Å². The Hall–Kier alpha value is -6.23. The van der Waals surface area contributed by atoms with E-state index >= 15 is 0 Å². The maximum Gasteiger partial charge on any atom is 0.160 e. The maximum absolute atomic E-state index is 5.28. The van der Waals surface area contributed by atoms with E-state index in [-0.39, 0.29) is 0 Å². The van der Waals surface area contributed by atoms with Crippen LogP contribution in [-0.2, 0) is 0 Å². The van der Waals surface area contributed by atoms with Crippen molar-refractivity contribution >= 4 is 64.1 Å². The molecule has 0 bridgehead atoms. The summed E-state index contributed by atoms with van der Waals surface area (Å²) in [6, 6.07) is 57.8. The first-order chi connectivity index (χ1) is 24.3. The van der Waals surface area contributed by atoms with Crippen LogP contribution in [0.1, 0.15) is 0 Å². The van der Waals surface area contributed by atoms with Crippen LogP contribution in [0.3, 0.4) is 0 Å². The van der Waals surface area contributed by atoms with Crippen molar-refractivity contribution in [3.63, 3.8) is 0 Å². The van der Waals surface area contributed by atoms with Crippen molar-refractivity contribution in [3.8, 4) is 45.0 Å². The van der Waals surface area contributed by atoms with Crippen molar-refractivity contribution in [2.45, 2.75) is 0 Å². The zero-order valence-corrected chi connectivity index (χ0v) is 27.2. The van der Waals surface area contributed by atoms with Gasteiger partial charge < -0.3 is 0 Å². The number of benzene rings is 7. The second-order valence-electron chi connectivity index (χ2n) is 12.4. The van der Waals surface area contributed by atoms with Gasteiger partial charge in [-0.15, -0.1) is 11.3 Å². The molecular weight excluding hydrogens is 615 g/mol. The molecule has 0 amide bonds. The van der Waals surface area contributed by atoms with Crippen LogP contribution >= 0.6 is 11.3 Å². The standard InChI is InChI=1S/C45H27N3S/c1-2-11-28(12-3-1)29-21-23-30(24-22-29)43-35-17-5-8-19-40(35)47-45(48-43)32-14-10-13-31(25-32)44-38-27-42-37(34-16-6-9-20-41(34)49-42)26-36(38)33-15-4-7-18-39(33)46-44/h1-27H. The van der Waals surface area contributed by atoms with Crippen molar-refractivity contribution in [1.29, 1.82) is 0 Å². The number of aromatic nitrogens is 3. The van der Waals surface area contributed by atoms with Gasteiger partial charge in [-0.3, -0.25) is 0 Å². The molecule has 4 heteroatoms. The van der Waals surface area contributed by atoms with Gasteiger partial charge >= 0.3 is 0 Å². The van der Waals surface area contributed by atoms with Gasteiger partial charge in [0.15, 0.2) is 5.82 Å². The SMILES string of the molecule is c1ccc(-c2ccc(-c3nc(-c4cccc(-c5nc6ccccc6c6cc7c(cc56)sc5ccccc57)c4)nc4ccccc34)cc2)cc1. The minimum Gasteiger partial charge on any atom is -0.247 e. The van der Waals surface area contributed by atoms with Crippen LogP contribution in [0, 0.1) is 0 Å². The Morgan fingerprint density at radius 1 is 0.306 bits per heavy atom. The smallest absolute Gasteiger partial charge is 0.160 e. The van der Waals surface area contributed by atoms with Crippen molar-refractivity contribution < 1.29 is 0 Å². The van der Waals surface area contributed by atoms with Gasteiger partial charge in [0.25, 0.3) is 0 Å². The van der Waals surface area contributed by atoms with E-state index in [1.807, 2.05) is 23.5 Å². The summed E-state index contributed by atoms with van der Waals surface area (Å²) < 4.78 is 2.57. The number of rotatable bonds is 4. The minimum absolute atomic E-state index is 0.694. The fourth-order valence-corrected chi connectivity index (χ4v) is 8.20. The summed E-state index contributed by atoms with van der Waals surface area (Å²) in [4.78, 5) is 15.6. The number of hydrogen-bond acceptors (Lipinski definition) is 4. The van der Waals surface area contributed by atoms with Crippen molar-refractivity contribution in [2.75, 3.05) is 0 Å². The Kier molecular flexibility index (Phi) is 6.36.